The standard InChI is InChI=1S/C16H30O4.Na.H/c1-5-6-7-8-9-10-11-12-16(13(17)18,14(19)20)15(2,3)4;;/h5-12H2,1-4H3,(H,17,18)(H,19,20);;/q;+1;-1. The summed E-state index contributed by atoms with van der Waals surface area (Å²) in [6.07, 6.45) is 7.61. The Morgan fingerprint density at radius 1 is 0.857 bits per heavy atom. The van der Waals surface area contributed by atoms with Crippen LogP contribution in [0.15, 0.2) is 0 Å². The molecule has 0 bridgehead atoms. The first-order chi connectivity index (χ1) is 9.20. The molecule has 5 heteroatoms. The molecule has 0 aliphatic carbocycles. The summed E-state index contributed by atoms with van der Waals surface area (Å²) in [5, 5.41) is 18.8. The second-order valence-corrected chi connectivity index (χ2v) is 6.64. The van der Waals surface area contributed by atoms with Crippen LogP contribution >= 0.6 is 0 Å². The van der Waals surface area contributed by atoms with Crippen LogP contribution in [-0.2, 0) is 9.59 Å². The van der Waals surface area contributed by atoms with Crippen molar-refractivity contribution in [3.05, 3.63) is 0 Å². The van der Waals surface area contributed by atoms with Crippen LogP contribution in [0.1, 0.15) is 80.5 Å². The predicted molar refractivity (Wildman–Crippen MR) is 80.9 cm³/mol. The molecule has 0 aromatic heterocycles. The van der Waals surface area contributed by atoms with Gasteiger partial charge in [0.05, 0.1) is 0 Å². The van der Waals surface area contributed by atoms with Crippen molar-refractivity contribution >= 4 is 11.9 Å². The van der Waals surface area contributed by atoms with E-state index in [4.69, 9.17) is 0 Å². The number of carboxylic acid groups (broad SMARTS) is 2. The molecule has 0 spiro atoms. The fourth-order valence-corrected chi connectivity index (χ4v) is 2.67. The maximum absolute atomic E-state index is 11.5. The van der Waals surface area contributed by atoms with Crippen LogP contribution in [0.4, 0.5) is 0 Å². The van der Waals surface area contributed by atoms with Gasteiger partial charge in [0.2, 0.25) is 0 Å². The second kappa shape index (κ2) is 10.6. The van der Waals surface area contributed by atoms with Gasteiger partial charge in [-0.05, 0) is 11.8 Å². The molecule has 2 N–H and O–H groups in total. The van der Waals surface area contributed by atoms with E-state index in [1.807, 2.05) is 0 Å². The largest absolute Gasteiger partial charge is 1.00 e. The van der Waals surface area contributed by atoms with Crippen LogP contribution < -0.4 is 29.6 Å². The number of hydrogen-bond acceptors (Lipinski definition) is 2. The summed E-state index contributed by atoms with van der Waals surface area (Å²) in [4.78, 5) is 23.1. The Bertz CT molecular complexity index is 313. The van der Waals surface area contributed by atoms with Crippen molar-refractivity contribution in [1.29, 1.82) is 0 Å². The molecule has 4 nitrogen and oxygen atoms in total. The van der Waals surface area contributed by atoms with Crippen LogP contribution in [0.5, 0.6) is 0 Å². The third kappa shape index (κ3) is 6.70. The van der Waals surface area contributed by atoms with Crippen molar-refractivity contribution in [1.82, 2.24) is 0 Å². The third-order valence-corrected chi connectivity index (χ3v) is 4.17. The molecule has 0 aliphatic rings. The summed E-state index contributed by atoms with van der Waals surface area (Å²) >= 11 is 0. The molecule has 0 fully saturated rings. The second-order valence-electron chi connectivity index (χ2n) is 6.64. The first-order valence-electron chi connectivity index (χ1n) is 7.67. The topological polar surface area (TPSA) is 74.6 Å². The van der Waals surface area contributed by atoms with Crippen molar-refractivity contribution in [3.8, 4) is 0 Å². The van der Waals surface area contributed by atoms with Crippen LogP contribution in [0.2, 0.25) is 0 Å². The van der Waals surface area contributed by atoms with E-state index in [0.29, 0.717) is 6.42 Å². The first-order valence-corrected chi connectivity index (χ1v) is 7.67. The Kier molecular flexibility index (Phi) is 11.7. The molecule has 0 aliphatic heterocycles. The minimum atomic E-state index is -1.68. The minimum absolute atomic E-state index is 0. The van der Waals surface area contributed by atoms with Crippen molar-refractivity contribution in [2.75, 3.05) is 0 Å². The molecule has 0 atom stereocenters. The van der Waals surface area contributed by atoms with Gasteiger partial charge in [0, 0.05) is 0 Å². The van der Waals surface area contributed by atoms with Gasteiger partial charge in [-0.3, -0.25) is 9.59 Å². The number of carboxylic acids is 2. The third-order valence-electron chi connectivity index (χ3n) is 4.17. The fraction of sp³-hybridized carbons (Fsp3) is 0.875. The van der Waals surface area contributed by atoms with Crippen molar-refractivity contribution in [2.45, 2.75) is 79.1 Å². The number of rotatable bonds is 10. The summed E-state index contributed by atoms with van der Waals surface area (Å²) in [6.45, 7) is 7.24. The van der Waals surface area contributed by atoms with E-state index in [9.17, 15) is 19.8 Å². The van der Waals surface area contributed by atoms with E-state index in [0.717, 1.165) is 19.3 Å². The van der Waals surface area contributed by atoms with Crippen molar-refractivity contribution in [3.63, 3.8) is 0 Å². The zero-order valence-electron chi connectivity index (χ0n) is 15.4. The van der Waals surface area contributed by atoms with E-state index in [1.165, 1.54) is 19.3 Å². The maximum atomic E-state index is 11.5. The summed E-state index contributed by atoms with van der Waals surface area (Å²) in [7, 11) is 0. The summed E-state index contributed by atoms with van der Waals surface area (Å²) in [6, 6.07) is 0. The number of hydrogen-bond donors (Lipinski definition) is 2. The minimum Gasteiger partial charge on any atom is -1.00 e. The molecule has 120 valence electrons. The van der Waals surface area contributed by atoms with Gasteiger partial charge < -0.3 is 11.6 Å². The molecule has 0 aromatic rings. The van der Waals surface area contributed by atoms with Crippen LogP contribution in [0, 0.1) is 10.8 Å². The Labute approximate surface area is 152 Å². The molecule has 0 unspecified atom stereocenters. The van der Waals surface area contributed by atoms with E-state index >= 15 is 0 Å². The SMILES string of the molecule is CCCCCCCCCC(C(=O)O)(C(=O)O)C(C)(C)C.[H-].[Na+]. The number of carbonyl (C=O) groups is 2. The van der Waals surface area contributed by atoms with Gasteiger partial charge in [-0.15, -0.1) is 0 Å². The number of aliphatic carboxylic acids is 2. The monoisotopic (exact) mass is 310 g/mol. The molecule has 0 saturated heterocycles. The van der Waals surface area contributed by atoms with Crippen LogP contribution in [0.3, 0.4) is 0 Å². The molecule has 21 heavy (non-hydrogen) atoms. The van der Waals surface area contributed by atoms with Gasteiger partial charge in [-0.25, -0.2) is 0 Å². The van der Waals surface area contributed by atoms with Crippen molar-refractivity contribution in [2.24, 2.45) is 10.8 Å². The molecule has 0 amide bonds. The van der Waals surface area contributed by atoms with E-state index in [1.54, 1.807) is 20.8 Å². The van der Waals surface area contributed by atoms with Gasteiger partial charge in [-0.1, -0.05) is 72.6 Å². The average Bonchev–Trinajstić information content (AvgIpc) is 2.30. The summed E-state index contributed by atoms with van der Waals surface area (Å²) in [5.74, 6) is -2.44. The van der Waals surface area contributed by atoms with Gasteiger partial charge in [0.15, 0.2) is 5.41 Å². The quantitative estimate of drug-likeness (QED) is 0.364. The molecule has 0 heterocycles. The van der Waals surface area contributed by atoms with Crippen LogP contribution in [0.25, 0.3) is 0 Å². The first kappa shape index (κ1) is 23.2. The van der Waals surface area contributed by atoms with Gasteiger partial charge in [0.1, 0.15) is 0 Å². The van der Waals surface area contributed by atoms with Gasteiger partial charge in [0.25, 0.3) is 0 Å². The molecular weight excluding hydrogens is 279 g/mol. The smallest absolute Gasteiger partial charge is 1.00 e. The Morgan fingerprint density at radius 3 is 1.57 bits per heavy atom. The molecule has 0 aromatic carbocycles. The Balaban J connectivity index is -0.00000180. The summed E-state index contributed by atoms with van der Waals surface area (Å²) in [5.41, 5.74) is -2.48. The maximum Gasteiger partial charge on any atom is 1.00 e. The zero-order valence-corrected chi connectivity index (χ0v) is 16.4. The molecule has 0 saturated carbocycles. The predicted octanol–water partition coefficient (Wildman–Crippen LogP) is 1.45. The molecule has 0 rings (SSSR count). The van der Waals surface area contributed by atoms with Crippen LogP contribution in [-0.4, -0.2) is 22.2 Å². The number of unbranched alkanes of at least 4 members (excludes halogenated alkanes) is 6. The van der Waals surface area contributed by atoms with Gasteiger partial charge >= 0.3 is 41.5 Å². The average molecular weight is 310 g/mol. The normalized spacial score (nSPS) is 11.8. The van der Waals surface area contributed by atoms with Crippen molar-refractivity contribution < 1.29 is 50.8 Å². The van der Waals surface area contributed by atoms with E-state index in [2.05, 4.69) is 6.92 Å². The summed E-state index contributed by atoms with van der Waals surface area (Å²) < 4.78 is 0. The van der Waals surface area contributed by atoms with E-state index < -0.39 is 22.8 Å². The fourth-order valence-electron chi connectivity index (χ4n) is 2.67. The Morgan fingerprint density at radius 2 is 1.24 bits per heavy atom. The van der Waals surface area contributed by atoms with E-state index in [-0.39, 0.29) is 37.4 Å². The molecule has 0 radical (unpaired) electrons. The Hall–Kier alpha value is -0.0600. The zero-order chi connectivity index (χ0) is 15.8. The molecular formula is C16H31NaO4. The van der Waals surface area contributed by atoms with Gasteiger partial charge in [-0.2, -0.15) is 0 Å².